The van der Waals surface area contributed by atoms with Crippen molar-refractivity contribution in [2.45, 2.75) is 75.0 Å². The Labute approximate surface area is 107 Å². The molecule has 0 aromatic carbocycles. The van der Waals surface area contributed by atoms with Crippen molar-refractivity contribution >= 4 is 6.16 Å². The van der Waals surface area contributed by atoms with Crippen molar-refractivity contribution in [1.82, 2.24) is 0 Å². The van der Waals surface area contributed by atoms with Crippen LogP contribution in [0.4, 0.5) is 4.79 Å². The Balaban J connectivity index is 0. The Morgan fingerprint density at radius 2 is 1.47 bits per heavy atom. The molecule has 0 aliphatic carbocycles. The molecule has 0 saturated carbocycles. The summed E-state index contributed by atoms with van der Waals surface area (Å²) < 4.78 is 10.7. The minimum absolute atomic E-state index is 0. The molecule has 1 heterocycles. The van der Waals surface area contributed by atoms with Gasteiger partial charge in [-0.1, -0.05) is 56.4 Å². The van der Waals surface area contributed by atoms with Crippen molar-refractivity contribution in [2.24, 2.45) is 10.8 Å². The van der Waals surface area contributed by atoms with Crippen LogP contribution in [0.2, 0.25) is 0 Å². The lowest BCUT2D eigenvalue weighted by atomic mass is 9.67. The summed E-state index contributed by atoms with van der Waals surface area (Å²) in [4.78, 5) is 11.3. The highest BCUT2D eigenvalue weighted by atomic mass is 16.8. The lowest BCUT2D eigenvalue weighted by Gasteiger charge is -2.43. The van der Waals surface area contributed by atoms with Crippen molar-refractivity contribution in [2.75, 3.05) is 0 Å². The highest BCUT2D eigenvalue weighted by molar-refractivity contribution is 5.64. The number of cyclic esters (lactones) is 2. The summed E-state index contributed by atoms with van der Waals surface area (Å²) in [6, 6.07) is 0. The number of hydrogen-bond donors (Lipinski definition) is 0. The van der Waals surface area contributed by atoms with E-state index in [4.69, 9.17) is 9.47 Å². The van der Waals surface area contributed by atoms with Crippen LogP contribution in [0.15, 0.2) is 0 Å². The van der Waals surface area contributed by atoms with Crippen molar-refractivity contribution in [3.63, 3.8) is 0 Å². The van der Waals surface area contributed by atoms with Crippen LogP contribution in [0.5, 0.6) is 0 Å². The van der Waals surface area contributed by atoms with Crippen LogP contribution in [-0.4, -0.2) is 17.9 Å². The number of hydrogen-bond acceptors (Lipinski definition) is 3. The van der Waals surface area contributed by atoms with Gasteiger partial charge >= 0.3 is 6.16 Å². The van der Waals surface area contributed by atoms with E-state index < -0.39 is 11.8 Å². The Bertz CT molecular complexity index is 270. The monoisotopic (exact) mass is 246 g/mol. The standard InChI is InChI=1S/C12H22O3.2CH4/c1-10(2,3)8-12(7,11(4,5)6)15-9(13)14-8;;/h8H,1-7H3;2*1H4/t8?,12-;;/m0../s1. The van der Waals surface area contributed by atoms with Gasteiger partial charge in [0.25, 0.3) is 0 Å². The van der Waals surface area contributed by atoms with Gasteiger partial charge in [0.1, 0.15) is 0 Å². The smallest absolute Gasteiger partial charge is 0.426 e. The first-order chi connectivity index (χ1) is 6.48. The lowest BCUT2D eigenvalue weighted by Crippen LogP contribution is -2.53. The summed E-state index contributed by atoms with van der Waals surface area (Å²) >= 11 is 0. The van der Waals surface area contributed by atoms with Crippen LogP contribution in [0.25, 0.3) is 0 Å². The Hall–Kier alpha value is -0.730. The van der Waals surface area contributed by atoms with Gasteiger partial charge in [0.2, 0.25) is 0 Å². The fraction of sp³-hybridized carbons (Fsp3) is 0.929. The van der Waals surface area contributed by atoms with Gasteiger partial charge in [0, 0.05) is 10.8 Å². The van der Waals surface area contributed by atoms with E-state index in [-0.39, 0.29) is 31.8 Å². The molecule has 1 rings (SSSR count). The summed E-state index contributed by atoms with van der Waals surface area (Å²) in [6.07, 6.45) is -0.759. The van der Waals surface area contributed by atoms with Crippen molar-refractivity contribution in [3.8, 4) is 0 Å². The van der Waals surface area contributed by atoms with Crippen molar-refractivity contribution in [1.29, 1.82) is 0 Å². The summed E-state index contributed by atoms with van der Waals surface area (Å²) in [5.74, 6) is 0. The minimum Gasteiger partial charge on any atom is -0.426 e. The summed E-state index contributed by atoms with van der Waals surface area (Å²) in [6.45, 7) is 14.3. The maximum atomic E-state index is 11.3. The molecule has 1 aliphatic heterocycles. The van der Waals surface area contributed by atoms with Crippen molar-refractivity contribution < 1.29 is 14.3 Å². The van der Waals surface area contributed by atoms with E-state index in [1.165, 1.54) is 0 Å². The normalized spacial score (nSPS) is 28.6. The van der Waals surface area contributed by atoms with Gasteiger partial charge in [-0.15, -0.1) is 0 Å². The molecule has 0 bridgehead atoms. The van der Waals surface area contributed by atoms with Gasteiger partial charge in [-0.3, -0.25) is 0 Å². The topological polar surface area (TPSA) is 35.5 Å². The van der Waals surface area contributed by atoms with Gasteiger partial charge < -0.3 is 9.47 Å². The molecule has 2 atom stereocenters. The predicted octanol–water partition coefficient (Wildman–Crippen LogP) is 4.64. The second-order valence-corrected chi connectivity index (χ2v) is 6.57. The molecule has 0 amide bonds. The Morgan fingerprint density at radius 1 is 1.06 bits per heavy atom. The third-order valence-corrected chi connectivity index (χ3v) is 3.29. The Kier molecular flexibility index (Phi) is 5.34. The van der Waals surface area contributed by atoms with Crippen LogP contribution < -0.4 is 0 Å². The minimum atomic E-state index is -0.567. The molecule has 3 nitrogen and oxygen atoms in total. The van der Waals surface area contributed by atoms with E-state index in [2.05, 4.69) is 41.5 Å². The molecule has 0 aromatic rings. The van der Waals surface area contributed by atoms with E-state index >= 15 is 0 Å². The molecule has 17 heavy (non-hydrogen) atoms. The van der Waals surface area contributed by atoms with Crippen LogP contribution in [0.3, 0.4) is 0 Å². The average Bonchev–Trinajstić information content (AvgIpc) is 2.24. The SMILES string of the molecule is C.C.CC(C)(C)C1OC(=O)O[C@]1(C)C(C)(C)C. The molecule has 0 spiro atoms. The largest absolute Gasteiger partial charge is 0.509 e. The molecule has 104 valence electrons. The summed E-state index contributed by atoms with van der Waals surface area (Å²) in [5, 5.41) is 0. The fourth-order valence-corrected chi connectivity index (χ4v) is 2.01. The zero-order valence-corrected chi connectivity index (χ0v) is 10.8. The van der Waals surface area contributed by atoms with Gasteiger partial charge in [0.05, 0.1) is 0 Å². The first-order valence-electron chi connectivity index (χ1n) is 5.38. The van der Waals surface area contributed by atoms with Crippen molar-refractivity contribution in [3.05, 3.63) is 0 Å². The molecule has 1 unspecified atom stereocenters. The average molecular weight is 246 g/mol. The highest BCUT2D eigenvalue weighted by Crippen LogP contribution is 2.47. The number of carbonyl (C=O) groups is 1. The van der Waals surface area contributed by atoms with Crippen LogP contribution in [0.1, 0.15) is 63.3 Å². The third kappa shape index (κ3) is 3.14. The van der Waals surface area contributed by atoms with E-state index in [1.54, 1.807) is 0 Å². The molecular weight excluding hydrogens is 216 g/mol. The second-order valence-electron chi connectivity index (χ2n) is 6.57. The molecule has 0 aromatic heterocycles. The van der Waals surface area contributed by atoms with E-state index in [0.717, 1.165) is 0 Å². The zero-order valence-electron chi connectivity index (χ0n) is 10.8. The van der Waals surface area contributed by atoms with Gasteiger partial charge in [0.15, 0.2) is 11.7 Å². The maximum absolute atomic E-state index is 11.3. The quantitative estimate of drug-likeness (QED) is 0.584. The second kappa shape index (κ2) is 4.87. The molecule has 0 radical (unpaired) electrons. The molecule has 0 N–H and O–H groups in total. The van der Waals surface area contributed by atoms with E-state index in [9.17, 15) is 4.79 Å². The third-order valence-electron chi connectivity index (χ3n) is 3.29. The van der Waals surface area contributed by atoms with Gasteiger partial charge in [-0.05, 0) is 6.92 Å². The number of ether oxygens (including phenoxy) is 2. The Morgan fingerprint density at radius 3 is 1.71 bits per heavy atom. The maximum Gasteiger partial charge on any atom is 0.509 e. The fourth-order valence-electron chi connectivity index (χ4n) is 2.01. The molecule has 3 heteroatoms. The van der Waals surface area contributed by atoms with Crippen LogP contribution >= 0.6 is 0 Å². The van der Waals surface area contributed by atoms with Gasteiger partial charge in [-0.2, -0.15) is 0 Å². The molecular formula is C14H30O3. The number of rotatable bonds is 0. The predicted molar refractivity (Wildman–Crippen MR) is 72.1 cm³/mol. The number of carbonyl (C=O) groups excluding carboxylic acids is 1. The lowest BCUT2D eigenvalue weighted by molar-refractivity contribution is -0.0816. The molecule has 1 saturated heterocycles. The van der Waals surface area contributed by atoms with E-state index in [0.29, 0.717) is 0 Å². The van der Waals surface area contributed by atoms with Crippen LogP contribution in [-0.2, 0) is 9.47 Å². The molecule has 1 aliphatic rings. The van der Waals surface area contributed by atoms with Gasteiger partial charge in [-0.25, -0.2) is 4.79 Å². The van der Waals surface area contributed by atoms with Crippen LogP contribution in [0, 0.1) is 10.8 Å². The zero-order chi connectivity index (χ0) is 12.1. The first-order valence-corrected chi connectivity index (χ1v) is 5.38. The summed E-state index contributed by atoms with van der Waals surface area (Å²) in [5.41, 5.74) is -0.826. The summed E-state index contributed by atoms with van der Waals surface area (Å²) in [7, 11) is 0. The first kappa shape index (κ1) is 18.6. The highest BCUT2D eigenvalue weighted by Gasteiger charge is 2.58. The van der Waals surface area contributed by atoms with E-state index in [1.807, 2.05) is 6.92 Å². The molecule has 1 fully saturated rings.